The maximum absolute atomic E-state index is 12.8. The predicted molar refractivity (Wildman–Crippen MR) is 123 cm³/mol. The van der Waals surface area contributed by atoms with Crippen molar-refractivity contribution in [2.45, 2.75) is 31.6 Å². The largest absolute Gasteiger partial charge is 0.406 e. The number of nitrogens with zero attached hydrogens (tertiary/aromatic N) is 2. The van der Waals surface area contributed by atoms with Gasteiger partial charge in [-0.15, -0.1) is 0 Å². The first kappa shape index (κ1) is 22.3. The molecule has 170 valence electrons. The lowest BCUT2D eigenvalue weighted by Gasteiger charge is -2.10. The van der Waals surface area contributed by atoms with E-state index >= 15 is 0 Å². The van der Waals surface area contributed by atoms with Gasteiger partial charge in [0.15, 0.2) is 0 Å². The minimum atomic E-state index is -4.34. The first-order valence-corrected chi connectivity index (χ1v) is 10.4. The Labute approximate surface area is 188 Å². The molecule has 0 bridgehead atoms. The molecule has 0 spiro atoms. The van der Waals surface area contributed by atoms with Gasteiger partial charge >= 0.3 is 6.18 Å². The van der Waals surface area contributed by atoms with Crippen LogP contribution in [0.15, 0.2) is 61.2 Å². The molecular weight excluding hydrogens is 431 g/mol. The number of benzene rings is 1. The zero-order valence-corrected chi connectivity index (χ0v) is 17.6. The van der Waals surface area contributed by atoms with Crippen LogP contribution in [0.25, 0.3) is 22.6 Å². The molecule has 0 unspecified atom stereocenters. The van der Waals surface area contributed by atoms with Crippen molar-refractivity contribution < 1.29 is 18.0 Å². The van der Waals surface area contributed by atoms with Crippen LogP contribution in [0.2, 0.25) is 0 Å². The highest BCUT2D eigenvalue weighted by atomic mass is 19.4. The van der Waals surface area contributed by atoms with E-state index < -0.39 is 18.6 Å². The van der Waals surface area contributed by atoms with Gasteiger partial charge in [0.2, 0.25) is 5.91 Å². The molecule has 6 nitrogen and oxygen atoms in total. The molecule has 0 saturated heterocycles. The third-order valence-electron chi connectivity index (χ3n) is 5.18. The van der Waals surface area contributed by atoms with E-state index in [-0.39, 0.29) is 0 Å². The first-order chi connectivity index (χ1) is 15.8. The zero-order chi connectivity index (χ0) is 23.4. The summed E-state index contributed by atoms with van der Waals surface area (Å²) in [5.74, 6) is -0.436. The first-order valence-electron chi connectivity index (χ1n) is 10.4. The Bertz CT molecular complexity index is 1240. The summed E-state index contributed by atoms with van der Waals surface area (Å²) in [5, 5.41) is 14.3. The Kier molecular flexibility index (Phi) is 6.30. The van der Waals surface area contributed by atoms with Gasteiger partial charge in [-0.1, -0.05) is 6.07 Å². The van der Waals surface area contributed by atoms with Crippen molar-refractivity contribution in [3.05, 3.63) is 72.3 Å². The molecule has 3 aromatic rings. The number of fused-ring (bicyclic) bond motifs is 1. The van der Waals surface area contributed by atoms with Gasteiger partial charge in [0.1, 0.15) is 6.54 Å². The van der Waals surface area contributed by atoms with Gasteiger partial charge in [0.05, 0.1) is 5.52 Å². The van der Waals surface area contributed by atoms with Gasteiger partial charge in [0, 0.05) is 59.9 Å². The van der Waals surface area contributed by atoms with Crippen LogP contribution in [0, 0.1) is 5.41 Å². The molecule has 1 fully saturated rings. The molecule has 1 amide bonds. The van der Waals surface area contributed by atoms with E-state index in [9.17, 15) is 18.0 Å². The van der Waals surface area contributed by atoms with E-state index in [2.05, 4.69) is 15.6 Å². The third kappa shape index (κ3) is 5.88. The van der Waals surface area contributed by atoms with Crippen molar-refractivity contribution in [3.63, 3.8) is 0 Å². The van der Waals surface area contributed by atoms with Crippen molar-refractivity contribution >= 4 is 40.4 Å². The van der Waals surface area contributed by atoms with E-state index in [1.165, 1.54) is 24.6 Å². The van der Waals surface area contributed by atoms with Crippen LogP contribution >= 0.6 is 0 Å². The number of carbonyl (C=O) groups is 1. The summed E-state index contributed by atoms with van der Waals surface area (Å²) < 4.78 is 39.5. The van der Waals surface area contributed by atoms with Crippen molar-refractivity contribution in [3.8, 4) is 0 Å². The fraction of sp³-hybridized carbons (Fsp3) is 0.208. The summed E-state index contributed by atoms with van der Waals surface area (Å²) in [4.78, 5) is 16.6. The van der Waals surface area contributed by atoms with E-state index in [1.807, 2.05) is 0 Å². The number of amides is 1. The Hall–Kier alpha value is -3.88. The number of rotatable bonds is 8. The normalized spacial score (nSPS) is 14.6. The topological polar surface area (TPSA) is 82.8 Å². The molecule has 1 aliphatic carbocycles. The summed E-state index contributed by atoms with van der Waals surface area (Å²) in [6.07, 6.45) is 8.43. The third-order valence-corrected chi connectivity index (χ3v) is 5.18. The minimum Gasteiger partial charge on any atom is -0.388 e. The highest BCUT2D eigenvalue weighted by Gasteiger charge is 2.28. The smallest absolute Gasteiger partial charge is 0.388 e. The molecule has 2 heterocycles. The van der Waals surface area contributed by atoms with Gasteiger partial charge in [0.25, 0.3) is 0 Å². The van der Waals surface area contributed by atoms with Crippen LogP contribution in [0.3, 0.4) is 0 Å². The monoisotopic (exact) mass is 453 g/mol. The number of aromatic nitrogens is 2. The average Bonchev–Trinajstić information content (AvgIpc) is 3.53. The van der Waals surface area contributed by atoms with Gasteiger partial charge in [-0.05, 0) is 54.1 Å². The molecule has 4 rings (SSSR count). The van der Waals surface area contributed by atoms with Crippen molar-refractivity contribution in [2.24, 2.45) is 0 Å². The fourth-order valence-corrected chi connectivity index (χ4v) is 3.40. The number of alkyl halides is 3. The number of pyridine rings is 1. The Morgan fingerprint density at radius 2 is 2.06 bits per heavy atom. The second-order valence-corrected chi connectivity index (χ2v) is 7.80. The van der Waals surface area contributed by atoms with Crippen molar-refractivity contribution in [1.29, 1.82) is 5.41 Å². The predicted octanol–water partition coefficient (Wildman–Crippen LogP) is 4.99. The molecule has 9 heteroatoms. The second kappa shape index (κ2) is 9.32. The Morgan fingerprint density at radius 3 is 2.79 bits per heavy atom. The molecule has 1 aliphatic rings. The lowest BCUT2D eigenvalue weighted by molar-refractivity contribution is -0.139. The van der Waals surface area contributed by atoms with Crippen molar-refractivity contribution in [2.75, 3.05) is 5.32 Å². The van der Waals surface area contributed by atoms with Crippen molar-refractivity contribution in [1.82, 2.24) is 14.9 Å². The van der Waals surface area contributed by atoms with Crippen LogP contribution in [-0.4, -0.2) is 33.9 Å². The number of hydrogen-bond donors (Lipinski definition) is 3. The fourth-order valence-electron chi connectivity index (χ4n) is 3.40. The van der Waals surface area contributed by atoms with Crippen LogP contribution < -0.4 is 10.6 Å². The quantitative estimate of drug-likeness (QED) is 0.332. The zero-order valence-electron chi connectivity index (χ0n) is 17.6. The van der Waals surface area contributed by atoms with E-state index in [1.54, 1.807) is 48.9 Å². The van der Waals surface area contributed by atoms with Crippen LogP contribution in [0.5, 0.6) is 0 Å². The van der Waals surface area contributed by atoms with E-state index in [0.717, 1.165) is 23.0 Å². The van der Waals surface area contributed by atoms with Gasteiger partial charge in [-0.3, -0.25) is 9.78 Å². The summed E-state index contributed by atoms with van der Waals surface area (Å²) >= 11 is 0. The summed E-state index contributed by atoms with van der Waals surface area (Å²) in [6.45, 7) is -1.10. The molecule has 0 aliphatic heterocycles. The summed E-state index contributed by atoms with van der Waals surface area (Å²) in [6, 6.07) is 8.63. The maximum atomic E-state index is 12.8. The molecule has 3 N–H and O–H groups in total. The molecule has 0 atom stereocenters. The van der Waals surface area contributed by atoms with E-state index in [4.69, 9.17) is 5.41 Å². The van der Waals surface area contributed by atoms with Gasteiger partial charge in [-0.2, -0.15) is 13.2 Å². The summed E-state index contributed by atoms with van der Waals surface area (Å²) in [7, 11) is 0. The minimum absolute atomic E-state index is 0.382. The highest BCUT2D eigenvalue weighted by Crippen LogP contribution is 2.25. The number of nitrogens with one attached hydrogen (secondary N) is 3. The Morgan fingerprint density at radius 1 is 1.24 bits per heavy atom. The van der Waals surface area contributed by atoms with Crippen LogP contribution in [-0.2, 0) is 11.3 Å². The number of hydrogen-bond acceptors (Lipinski definition) is 4. The average molecular weight is 453 g/mol. The summed E-state index contributed by atoms with van der Waals surface area (Å²) in [5.41, 5.74) is 2.85. The van der Waals surface area contributed by atoms with Gasteiger partial charge < -0.3 is 20.6 Å². The maximum Gasteiger partial charge on any atom is 0.406 e. The molecule has 0 radical (unpaired) electrons. The molecule has 1 saturated carbocycles. The number of allylic oxidation sites excluding steroid dienone is 1. The van der Waals surface area contributed by atoms with E-state index in [0.29, 0.717) is 33.8 Å². The van der Waals surface area contributed by atoms with Gasteiger partial charge in [-0.25, -0.2) is 0 Å². The van der Waals surface area contributed by atoms with Crippen LogP contribution in [0.1, 0.15) is 24.0 Å². The molecular formula is C24H22F3N5O. The Balaban J connectivity index is 1.50. The molecule has 33 heavy (non-hydrogen) atoms. The number of anilines is 1. The lowest BCUT2D eigenvalue weighted by Crippen LogP contribution is -2.16. The highest BCUT2D eigenvalue weighted by molar-refractivity contribution is 6.10. The molecule has 1 aromatic carbocycles. The number of halogens is 3. The second-order valence-electron chi connectivity index (χ2n) is 7.80. The molecule has 2 aromatic heterocycles. The SMILES string of the molecule is N=C/C(=C\NC1CC1)c1ccncc1/C=C/C(=O)Nc1ccc2ccn(CC(F)(F)F)c2c1. The lowest BCUT2D eigenvalue weighted by atomic mass is 10.0. The van der Waals surface area contributed by atoms with Crippen LogP contribution in [0.4, 0.5) is 18.9 Å². The number of carbonyl (C=O) groups excluding carboxylic acids is 1. The standard InChI is InChI=1S/C24H22F3N5O/c25-24(26,27)15-32-10-8-16-1-3-20(11-22(16)32)31-23(33)6-2-17-13-29-9-7-21(17)18(12-28)14-30-19-4-5-19/h1-3,6-14,19,28,30H,4-5,15H2,(H,31,33)/b6-2+,18-14+,28-12?.